The van der Waals surface area contributed by atoms with Crippen LogP contribution in [0.3, 0.4) is 0 Å². The van der Waals surface area contributed by atoms with Crippen molar-refractivity contribution in [3.63, 3.8) is 0 Å². The molecule has 0 amide bonds. The van der Waals surface area contributed by atoms with Gasteiger partial charge in [-0.05, 0) is 24.6 Å². The van der Waals surface area contributed by atoms with Gasteiger partial charge in [0.1, 0.15) is 0 Å². The van der Waals surface area contributed by atoms with E-state index in [1.165, 1.54) is 4.88 Å². The van der Waals surface area contributed by atoms with Gasteiger partial charge in [0.25, 0.3) is 0 Å². The predicted octanol–water partition coefficient (Wildman–Crippen LogP) is 2.81. The summed E-state index contributed by atoms with van der Waals surface area (Å²) in [6.07, 6.45) is 4.10. The first-order valence-corrected chi connectivity index (χ1v) is 7.01. The minimum atomic E-state index is 0.285. The molecule has 0 fully saturated rings. The number of thioether (sulfide) groups is 1. The molecular formula is C10H13N3S2. The van der Waals surface area contributed by atoms with Crippen molar-refractivity contribution < 1.29 is 0 Å². The van der Waals surface area contributed by atoms with Gasteiger partial charge < -0.3 is 0 Å². The highest BCUT2D eigenvalue weighted by atomic mass is 32.2. The molecule has 15 heavy (non-hydrogen) atoms. The van der Waals surface area contributed by atoms with E-state index in [4.69, 9.17) is 0 Å². The monoisotopic (exact) mass is 239 g/mol. The maximum absolute atomic E-state index is 4.15. The molecule has 2 aromatic heterocycles. The van der Waals surface area contributed by atoms with Crippen LogP contribution in [-0.4, -0.2) is 21.2 Å². The summed E-state index contributed by atoms with van der Waals surface area (Å²) in [5.41, 5.74) is 1.05. The molecule has 0 aliphatic carbocycles. The quantitative estimate of drug-likeness (QED) is 0.822. The van der Waals surface area contributed by atoms with Crippen LogP contribution in [0.5, 0.6) is 0 Å². The predicted molar refractivity (Wildman–Crippen MR) is 65.4 cm³/mol. The lowest BCUT2D eigenvalue weighted by Crippen LogP contribution is -2.05. The standard InChI is InChI=1S/C10H13N3S2/c1-8(10-4-3-5-15-10)13-6-9(7-14-2)11-12-13/h3-6,8H,7H2,1-2H3. The fourth-order valence-electron chi connectivity index (χ4n) is 1.38. The molecule has 2 aromatic rings. The molecule has 2 heterocycles. The normalized spacial score (nSPS) is 12.9. The van der Waals surface area contributed by atoms with Gasteiger partial charge in [0, 0.05) is 10.6 Å². The summed E-state index contributed by atoms with van der Waals surface area (Å²) in [5.74, 6) is 0.928. The van der Waals surface area contributed by atoms with E-state index in [1.54, 1.807) is 23.1 Å². The highest BCUT2D eigenvalue weighted by Gasteiger charge is 2.10. The number of hydrogen-bond acceptors (Lipinski definition) is 4. The Balaban J connectivity index is 2.15. The van der Waals surface area contributed by atoms with Crippen LogP contribution >= 0.6 is 23.1 Å². The van der Waals surface area contributed by atoms with Crippen LogP contribution in [-0.2, 0) is 5.75 Å². The third-order valence-corrected chi connectivity index (χ3v) is 3.83. The van der Waals surface area contributed by atoms with Crippen LogP contribution in [0.2, 0.25) is 0 Å². The van der Waals surface area contributed by atoms with E-state index in [9.17, 15) is 0 Å². The Kier molecular flexibility index (Phi) is 3.43. The summed E-state index contributed by atoms with van der Waals surface area (Å²) in [7, 11) is 0. The third-order valence-electron chi connectivity index (χ3n) is 2.20. The lowest BCUT2D eigenvalue weighted by Gasteiger charge is -2.07. The molecule has 3 nitrogen and oxygen atoms in total. The van der Waals surface area contributed by atoms with Gasteiger partial charge in [-0.2, -0.15) is 11.8 Å². The van der Waals surface area contributed by atoms with Gasteiger partial charge in [0.05, 0.1) is 17.9 Å². The summed E-state index contributed by atoms with van der Waals surface area (Å²) in [5, 5.41) is 10.4. The Labute approximate surface area is 97.5 Å². The van der Waals surface area contributed by atoms with E-state index in [2.05, 4.69) is 41.0 Å². The molecule has 1 unspecified atom stereocenters. The fourth-order valence-corrected chi connectivity index (χ4v) is 2.58. The average Bonchev–Trinajstić information content (AvgIpc) is 2.87. The van der Waals surface area contributed by atoms with Crippen LogP contribution in [0.25, 0.3) is 0 Å². The summed E-state index contributed by atoms with van der Waals surface area (Å²) < 4.78 is 1.93. The number of hydrogen-bond donors (Lipinski definition) is 0. The van der Waals surface area contributed by atoms with E-state index in [0.29, 0.717) is 0 Å². The van der Waals surface area contributed by atoms with Gasteiger partial charge in [-0.25, -0.2) is 4.68 Å². The summed E-state index contributed by atoms with van der Waals surface area (Å²) in [6.45, 7) is 2.14. The molecule has 2 rings (SSSR count). The lowest BCUT2D eigenvalue weighted by molar-refractivity contribution is 0.550. The highest BCUT2D eigenvalue weighted by Crippen LogP contribution is 2.22. The summed E-state index contributed by atoms with van der Waals surface area (Å²) >= 11 is 3.52. The zero-order valence-electron chi connectivity index (χ0n) is 8.75. The molecule has 1 atom stereocenters. The number of thiophene rings is 1. The Morgan fingerprint density at radius 2 is 2.47 bits per heavy atom. The minimum absolute atomic E-state index is 0.285. The molecule has 0 aliphatic heterocycles. The van der Waals surface area contributed by atoms with Crippen molar-refractivity contribution in [3.8, 4) is 0 Å². The van der Waals surface area contributed by atoms with E-state index in [0.717, 1.165) is 11.4 Å². The smallest absolute Gasteiger partial charge is 0.0926 e. The van der Waals surface area contributed by atoms with E-state index < -0.39 is 0 Å². The van der Waals surface area contributed by atoms with E-state index >= 15 is 0 Å². The van der Waals surface area contributed by atoms with Crippen molar-refractivity contribution >= 4 is 23.1 Å². The topological polar surface area (TPSA) is 30.7 Å². The molecule has 0 aliphatic rings. The Morgan fingerprint density at radius 1 is 1.60 bits per heavy atom. The number of aromatic nitrogens is 3. The molecule has 0 N–H and O–H groups in total. The van der Waals surface area contributed by atoms with Crippen LogP contribution < -0.4 is 0 Å². The van der Waals surface area contributed by atoms with Crippen molar-refractivity contribution in [1.29, 1.82) is 0 Å². The maximum Gasteiger partial charge on any atom is 0.0926 e. The molecule has 0 saturated carbocycles. The van der Waals surface area contributed by atoms with Crippen molar-refractivity contribution in [2.24, 2.45) is 0 Å². The zero-order valence-corrected chi connectivity index (χ0v) is 10.4. The lowest BCUT2D eigenvalue weighted by atomic mass is 10.3. The molecule has 0 radical (unpaired) electrons. The second-order valence-electron chi connectivity index (χ2n) is 3.31. The number of rotatable bonds is 4. The van der Waals surface area contributed by atoms with Crippen LogP contribution in [0, 0.1) is 0 Å². The fraction of sp³-hybridized carbons (Fsp3) is 0.400. The maximum atomic E-state index is 4.15. The first kappa shape index (κ1) is 10.7. The van der Waals surface area contributed by atoms with Gasteiger partial charge >= 0.3 is 0 Å². The van der Waals surface area contributed by atoms with Crippen LogP contribution in [0.15, 0.2) is 23.7 Å². The minimum Gasteiger partial charge on any atom is -0.244 e. The van der Waals surface area contributed by atoms with Gasteiger partial charge in [-0.15, -0.1) is 16.4 Å². The Morgan fingerprint density at radius 3 is 3.13 bits per heavy atom. The van der Waals surface area contributed by atoms with Crippen molar-refractivity contribution in [1.82, 2.24) is 15.0 Å². The molecule has 0 spiro atoms. The zero-order chi connectivity index (χ0) is 10.7. The van der Waals surface area contributed by atoms with Gasteiger partial charge in [0.2, 0.25) is 0 Å². The summed E-state index contributed by atoms with van der Waals surface area (Å²) in [6, 6.07) is 4.48. The molecule has 5 heteroatoms. The Bertz CT molecular complexity index is 408. The average molecular weight is 239 g/mol. The van der Waals surface area contributed by atoms with Gasteiger partial charge in [-0.1, -0.05) is 11.3 Å². The third kappa shape index (κ3) is 2.41. The van der Waals surface area contributed by atoms with Crippen molar-refractivity contribution in [2.75, 3.05) is 6.26 Å². The van der Waals surface area contributed by atoms with E-state index in [1.807, 2.05) is 10.9 Å². The molecule has 80 valence electrons. The van der Waals surface area contributed by atoms with E-state index in [-0.39, 0.29) is 6.04 Å². The molecule has 0 saturated heterocycles. The summed E-state index contributed by atoms with van der Waals surface area (Å²) in [4.78, 5) is 1.32. The molecule has 0 bridgehead atoms. The van der Waals surface area contributed by atoms with Crippen LogP contribution in [0.4, 0.5) is 0 Å². The highest BCUT2D eigenvalue weighted by molar-refractivity contribution is 7.97. The first-order chi connectivity index (χ1) is 7.31. The van der Waals surface area contributed by atoms with Gasteiger partial charge in [0.15, 0.2) is 0 Å². The van der Waals surface area contributed by atoms with Crippen molar-refractivity contribution in [2.45, 2.75) is 18.7 Å². The van der Waals surface area contributed by atoms with Gasteiger partial charge in [-0.3, -0.25) is 0 Å². The second kappa shape index (κ2) is 4.81. The second-order valence-corrected chi connectivity index (χ2v) is 5.16. The SMILES string of the molecule is CSCc1cn(C(C)c2cccs2)nn1. The van der Waals surface area contributed by atoms with Crippen LogP contribution in [0.1, 0.15) is 23.5 Å². The number of nitrogens with zero attached hydrogens (tertiary/aromatic N) is 3. The van der Waals surface area contributed by atoms with Crippen molar-refractivity contribution in [3.05, 3.63) is 34.3 Å². The molecule has 0 aromatic carbocycles. The first-order valence-electron chi connectivity index (χ1n) is 4.74. The molecular weight excluding hydrogens is 226 g/mol. The Hall–Kier alpha value is -0.810. The largest absolute Gasteiger partial charge is 0.244 e.